The first-order chi connectivity index (χ1) is 18.7. The molecule has 3 aromatic carbocycles. The predicted molar refractivity (Wildman–Crippen MR) is 146 cm³/mol. The Morgan fingerprint density at radius 2 is 1.45 bits per heavy atom. The summed E-state index contributed by atoms with van der Waals surface area (Å²) in [5.74, 6) is 1.13. The molecule has 3 heterocycles. The number of nitrogens with one attached hydrogen (secondary N) is 1. The molecule has 1 aromatic heterocycles. The van der Waals surface area contributed by atoms with Gasteiger partial charge in [-0.05, 0) is 59.5 Å². The zero-order chi connectivity index (χ0) is 25.8. The summed E-state index contributed by atoms with van der Waals surface area (Å²) < 4.78 is 0. The minimum Gasteiger partial charge on any atom is -0.339 e. The Bertz CT molecular complexity index is 1270. The van der Waals surface area contributed by atoms with Crippen LogP contribution in [-0.4, -0.2) is 68.2 Å². The molecule has 4 aromatic rings. The van der Waals surface area contributed by atoms with E-state index in [0.717, 1.165) is 44.6 Å². The molecule has 1 spiro atoms. The highest BCUT2D eigenvalue weighted by Gasteiger charge is 2.53. The van der Waals surface area contributed by atoms with E-state index in [1.165, 1.54) is 11.1 Å². The van der Waals surface area contributed by atoms with E-state index in [1.807, 2.05) is 23.1 Å². The van der Waals surface area contributed by atoms with Crippen LogP contribution in [-0.2, 0) is 11.3 Å². The maximum atomic E-state index is 13.9. The summed E-state index contributed by atoms with van der Waals surface area (Å²) in [6.45, 7) is 3.70. The second kappa shape index (κ2) is 10.8. The van der Waals surface area contributed by atoms with Crippen molar-refractivity contribution in [3.05, 3.63) is 108 Å². The van der Waals surface area contributed by atoms with E-state index in [-0.39, 0.29) is 5.91 Å². The van der Waals surface area contributed by atoms with Crippen LogP contribution in [0.1, 0.15) is 42.1 Å². The van der Waals surface area contributed by atoms with Gasteiger partial charge in [-0.15, -0.1) is 5.10 Å². The van der Waals surface area contributed by atoms with E-state index in [2.05, 4.69) is 103 Å². The van der Waals surface area contributed by atoms with Crippen molar-refractivity contribution in [2.45, 2.75) is 37.3 Å². The number of anilines is 1. The molecule has 0 atom stereocenters. The van der Waals surface area contributed by atoms with Crippen molar-refractivity contribution in [2.24, 2.45) is 0 Å². The lowest BCUT2D eigenvalue weighted by atomic mass is 9.84. The number of H-pyrrole nitrogens is 1. The second-order valence-corrected chi connectivity index (χ2v) is 10.3. The van der Waals surface area contributed by atoms with Crippen LogP contribution in [0.4, 0.5) is 5.69 Å². The normalized spacial score (nSPS) is 17.6. The van der Waals surface area contributed by atoms with Gasteiger partial charge in [-0.25, -0.2) is 5.10 Å². The summed E-state index contributed by atoms with van der Waals surface area (Å²) >= 11 is 0. The number of likely N-dealkylation sites (tertiary alicyclic amines) is 1. The summed E-state index contributed by atoms with van der Waals surface area (Å²) in [6, 6.07) is 31.9. The van der Waals surface area contributed by atoms with Gasteiger partial charge in [-0.3, -0.25) is 4.79 Å². The number of carbonyl (C=O) groups is 1. The van der Waals surface area contributed by atoms with Crippen LogP contribution >= 0.6 is 0 Å². The average Bonchev–Trinajstić information content (AvgIpc) is 3.59. The van der Waals surface area contributed by atoms with Gasteiger partial charge in [0.05, 0.1) is 13.2 Å². The van der Waals surface area contributed by atoms with Gasteiger partial charge in [-0.1, -0.05) is 78.9 Å². The van der Waals surface area contributed by atoms with Gasteiger partial charge in [0.25, 0.3) is 0 Å². The summed E-state index contributed by atoms with van der Waals surface area (Å²) in [6.07, 6.45) is 2.64. The van der Waals surface area contributed by atoms with Gasteiger partial charge in [0.1, 0.15) is 5.54 Å². The molecule has 0 bridgehead atoms. The predicted octanol–water partition coefficient (Wildman–Crippen LogP) is 4.06. The number of para-hydroxylation sites is 1. The minimum atomic E-state index is -0.538. The number of piperidine rings is 1. The fraction of sp³-hybridized carbons (Fsp3) is 0.333. The van der Waals surface area contributed by atoms with Crippen molar-refractivity contribution < 1.29 is 4.79 Å². The number of hydrogen-bond donors (Lipinski definition) is 1. The topological polar surface area (TPSA) is 81.2 Å². The zero-order valence-electron chi connectivity index (χ0n) is 21.5. The van der Waals surface area contributed by atoms with E-state index in [9.17, 15) is 4.79 Å². The van der Waals surface area contributed by atoms with Gasteiger partial charge in [0.15, 0.2) is 5.82 Å². The lowest BCUT2D eigenvalue weighted by Crippen LogP contribution is -2.56. The number of rotatable bonds is 8. The van der Waals surface area contributed by atoms with Crippen molar-refractivity contribution in [3.63, 3.8) is 0 Å². The van der Waals surface area contributed by atoms with Crippen LogP contribution < -0.4 is 4.90 Å². The molecule has 8 nitrogen and oxygen atoms in total. The molecule has 2 aliphatic rings. The molecule has 194 valence electrons. The Balaban J connectivity index is 1.17. The van der Waals surface area contributed by atoms with Gasteiger partial charge in [-0.2, -0.15) is 0 Å². The average molecular weight is 508 g/mol. The quantitative estimate of drug-likeness (QED) is 0.387. The SMILES string of the molecule is O=C1N(Cc2nnn[nH]2)CN(c2ccccc2)C12CCN(CCC(c1ccccc1)c1ccccc1)CC2. The largest absolute Gasteiger partial charge is 0.339 e. The first kappa shape index (κ1) is 24.3. The molecule has 6 rings (SSSR count). The number of aromatic amines is 1. The Morgan fingerprint density at radius 1 is 0.842 bits per heavy atom. The van der Waals surface area contributed by atoms with Crippen LogP contribution in [0.3, 0.4) is 0 Å². The van der Waals surface area contributed by atoms with E-state index in [0.29, 0.717) is 25.0 Å². The van der Waals surface area contributed by atoms with E-state index in [4.69, 9.17) is 0 Å². The third-order valence-electron chi connectivity index (χ3n) is 8.13. The monoisotopic (exact) mass is 507 g/mol. The molecule has 0 unspecified atom stereocenters. The highest BCUT2D eigenvalue weighted by Crippen LogP contribution is 2.40. The molecule has 8 heteroatoms. The number of nitrogens with zero attached hydrogens (tertiary/aromatic N) is 6. The van der Waals surface area contributed by atoms with Gasteiger partial charge >= 0.3 is 0 Å². The molecule has 38 heavy (non-hydrogen) atoms. The van der Waals surface area contributed by atoms with Crippen LogP contribution in [0, 0.1) is 0 Å². The number of tetrazole rings is 1. The minimum absolute atomic E-state index is 0.170. The standard InChI is InChI=1S/C30H33N7O/c38-29-30(37(26-14-8-3-9-15-26)23-36(29)22-28-31-33-34-32-28)17-20-35(21-18-30)19-16-27(24-10-4-1-5-11-24)25-12-6-2-7-13-25/h1-15,27H,16-23H2,(H,31,32,33,34). The van der Waals surface area contributed by atoms with Crippen molar-refractivity contribution in [3.8, 4) is 0 Å². The van der Waals surface area contributed by atoms with Crippen LogP contribution in [0.25, 0.3) is 0 Å². The van der Waals surface area contributed by atoms with E-state index < -0.39 is 5.54 Å². The molecule has 2 fully saturated rings. The molecule has 0 saturated carbocycles. The summed E-state index contributed by atoms with van der Waals surface area (Å²) in [5.41, 5.74) is 3.25. The van der Waals surface area contributed by atoms with Crippen LogP contribution in [0.2, 0.25) is 0 Å². The van der Waals surface area contributed by atoms with E-state index >= 15 is 0 Å². The van der Waals surface area contributed by atoms with Crippen molar-refractivity contribution in [1.82, 2.24) is 30.4 Å². The second-order valence-electron chi connectivity index (χ2n) is 10.3. The molecule has 1 amide bonds. The van der Waals surface area contributed by atoms with Gasteiger partial charge < -0.3 is 14.7 Å². The Labute approximate surface area is 223 Å². The van der Waals surface area contributed by atoms with Gasteiger partial charge in [0.2, 0.25) is 5.91 Å². The molecule has 2 saturated heterocycles. The number of aromatic nitrogens is 4. The number of hydrogen-bond acceptors (Lipinski definition) is 6. The first-order valence-electron chi connectivity index (χ1n) is 13.4. The summed E-state index contributed by atoms with van der Waals surface area (Å²) in [5, 5.41) is 14.2. The summed E-state index contributed by atoms with van der Waals surface area (Å²) in [7, 11) is 0. The highest BCUT2D eigenvalue weighted by atomic mass is 16.2. The number of carbonyl (C=O) groups excluding carboxylic acids is 1. The van der Waals surface area contributed by atoms with Gasteiger partial charge in [0, 0.05) is 24.7 Å². The third kappa shape index (κ3) is 4.79. The summed E-state index contributed by atoms with van der Waals surface area (Å²) in [4.78, 5) is 20.6. The Kier molecular flexibility index (Phi) is 6.88. The lowest BCUT2D eigenvalue weighted by molar-refractivity contribution is -0.134. The lowest BCUT2D eigenvalue weighted by Gasteiger charge is -2.43. The molecule has 2 aliphatic heterocycles. The number of amides is 1. The maximum absolute atomic E-state index is 13.9. The Morgan fingerprint density at radius 3 is 2.03 bits per heavy atom. The van der Waals surface area contributed by atoms with Crippen LogP contribution in [0.5, 0.6) is 0 Å². The van der Waals surface area contributed by atoms with Crippen molar-refractivity contribution in [2.75, 3.05) is 31.2 Å². The fourth-order valence-electron chi connectivity index (χ4n) is 6.10. The molecule has 0 aliphatic carbocycles. The fourth-order valence-corrected chi connectivity index (χ4v) is 6.10. The van der Waals surface area contributed by atoms with Crippen molar-refractivity contribution in [1.29, 1.82) is 0 Å². The molecular weight excluding hydrogens is 474 g/mol. The molecular formula is C30H33N7O. The number of benzene rings is 3. The van der Waals surface area contributed by atoms with E-state index in [1.54, 1.807) is 0 Å². The first-order valence-corrected chi connectivity index (χ1v) is 13.4. The maximum Gasteiger partial charge on any atom is 0.250 e. The highest BCUT2D eigenvalue weighted by molar-refractivity contribution is 5.93. The Hall–Kier alpha value is -4.04. The third-order valence-corrected chi connectivity index (χ3v) is 8.13. The van der Waals surface area contributed by atoms with Crippen LogP contribution in [0.15, 0.2) is 91.0 Å². The molecule has 1 N–H and O–H groups in total. The zero-order valence-corrected chi connectivity index (χ0v) is 21.5. The van der Waals surface area contributed by atoms with Crippen molar-refractivity contribution >= 4 is 11.6 Å². The molecule has 0 radical (unpaired) electrons. The smallest absolute Gasteiger partial charge is 0.250 e.